The van der Waals surface area contributed by atoms with E-state index in [4.69, 9.17) is 0 Å². The minimum Gasteiger partial charge on any atom is -0.383 e. The molecule has 0 aliphatic heterocycles. The molecule has 0 amide bonds. The van der Waals surface area contributed by atoms with Gasteiger partial charge in [-0.25, -0.2) is 0 Å². The van der Waals surface area contributed by atoms with E-state index in [9.17, 15) is 5.11 Å². The molecule has 2 rings (SSSR count). The maximum atomic E-state index is 10.4. The van der Waals surface area contributed by atoms with Gasteiger partial charge < -0.3 is 5.11 Å². The quantitative estimate of drug-likeness (QED) is 0.924. The van der Waals surface area contributed by atoms with Crippen molar-refractivity contribution in [3.05, 3.63) is 28.5 Å². The molecular formula is C12H18N4OS. The zero-order valence-electron chi connectivity index (χ0n) is 11.1. The first-order valence-corrected chi connectivity index (χ1v) is 6.74. The molecule has 2 aromatic rings. The Bertz CT molecular complexity index is 526. The summed E-state index contributed by atoms with van der Waals surface area (Å²) >= 11 is 1.25. The van der Waals surface area contributed by atoms with Crippen LogP contribution >= 0.6 is 11.5 Å². The molecule has 6 heteroatoms. The number of aliphatic hydroxyl groups is 1. The number of aryl methyl sites for hydroxylation is 1. The summed E-state index contributed by atoms with van der Waals surface area (Å²) in [5.41, 5.74) is 1.52. The van der Waals surface area contributed by atoms with Crippen molar-refractivity contribution in [1.82, 2.24) is 19.4 Å². The van der Waals surface area contributed by atoms with Gasteiger partial charge in [-0.3, -0.25) is 4.68 Å². The van der Waals surface area contributed by atoms with Crippen molar-refractivity contribution in [2.24, 2.45) is 0 Å². The summed E-state index contributed by atoms with van der Waals surface area (Å²) < 4.78 is 5.76. The molecule has 98 valence electrons. The van der Waals surface area contributed by atoms with Crippen molar-refractivity contribution in [3.63, 3.8) is 0 Å². The van der Waals surface area contributed by atoms with Crippen molar-refractivity contribution in [2.75, 3.05) is 0 Å². The zero-order chi connectivity index (χ0) is 13.3. The molecule has 18 heavy (non-hydrogen) atoms. The van der Waals surface area contributed by atoms with Gasteiger partial charge in [-0.05, 0) is 18.5 Å². The Morgan fingerprint density at radius 1 is 1.44 bits per heavy atom. The van der Waals surface area contributed by atoms with Crippen LogP contribution in [-0.2, 0) is 12.0 Å². The fourth-order valence-corrected chi connectivity index (χ4v) is 2.62. The molecule has 2 aromatic heterocycles. The minimum absolute atomic E-state index is 0.121. The van der Waals surface area contributed by atoms with Gasteiger partial charge in [0.2, 0.25) is 0 Å². The second-order valence-electron chi connectivity index (χ2n) is 5.27. The van der Waals surface area contributed by atoms with Crippen molar-refractivity contribution >= 4 is 11.5 Å². The third kappa shape index (κ3) is 2.44. The van der Waals surface area contributed by atoms with Crippen LogP contribution in [0.4, 0.5) is 0 Å². The van der Waals surface area contributed by atoms with Crippen LogP contribution in [0.1, 0.15) is 49.9 Å². The van der Waals surface area contributed by atoms with E-state index in [-0.39, 0.29) is 5.41 Å². The molecule has 0 spiro atoms. The monoisotopic (exact) mass is 266 g/mol. The number of hydrogen-bond acceptors (Lipinski definition) is 5. The summed E-state index contributed by atoms with van der Waals surface area (Å²) in [4.78, 5) is 0.804. The van der Waals surface area contributed by atoms with Crippen LogP contribution in [0.25, 0.3) is 0 Å². The van der Waals surface area contributed by atoms with Crippen LogP contribution in [0.3, 0.4) is 0 Å². The van der Waals surface area contributed by atoms with E-state index in [0.717, 1.165) is 22.7 Å². The van der Waals surface area contributed by atoms with Crippen molar-refractivity contribution in [3.8, 4) is 0 Å². The number of rotatable bonds is 3. The highest BCUT2D eigenvalue weighted by atomic mass is 32.1. The molecule has 5 nitrogen and oxygen atoms in total. The molecule has 0 aliphatic carbocycles. The van der Waals surface area contributed by atoms with Gasteiger partial charge in [0.25, 0.3) is 0 Å². The lowest BCUT2D eigenvalue weighted by Crippen LogP contribution is -2.16. The third-order valence-corrected chi connectivity index (χ3v) is 3.54. The van der Waals surface area contributed by atoms with Gasteiger partial charge in [0.1, 0.15) is 6.10 Å². The highest BCUT2D eigenvalue weighted by Crippen LogP contribution is 2.33. The van der Waals surface area contributed by atoms with Gasteiger partial charge in [-0.1, -0.05) is 25.3 Å². The van der Waals surface area contributed by atoms with Crippen LogP contribution < -0.4 is 0 Å². The highest BCUT2D eigenvalue weighted by molar-refractivity contribution is 7.05. The normalized spacial score (nSPS) is 13.8. The van der Waals surface area contributed by atoms with E-state index in [2.05, 4.69) is 35.5 Å². The molecule has 0 aromatic carbocycles. The third-order valence-electron chi connectivity index (χ3n) is 2.77. The summed E-state index contributed by atoms with van der Waals surface area (Å²) in [6, 6.07) is 0. The van der Waals surface area contributed by atoms with Gasteiger partial charge in [-0.15, -0.1) is 5.10 Å². The molecule has 1 atom stereocenters. The van der Waals surface area contributed by atoms with E-state index in [0.29, 0.717) is 0 Å². The van der Waals surface area contributed by atoms with Gasteiger partial charge in [0.15, 0.2) is 0 Å². The summed E-state index contributed by atoms with van der Waals surface area (Å²) in [5, 5.41) is 18.7. The SMILES string of the molecule is CCn1cc(C(O)c2snnc2C(C)(C)C)cn1. The van der Waals surface area contributed by atoms with Gasteiger partial charge in [0.05, 0.1) is 16.8 Å². The Morgan fingerprint density at radius 2 is 2.17 bits per heavy atom. The molecule has 0 bridgehead atoms. The molecule has 0 radical (unpaired) electrons. The number of aliphatic hydroxyl groups excluding tert-OH is 1. The second kappa shape index (κ2) is 4.78. The van der Waals surface area contributed by atoms with E-state index >= 15 is 0 Å². The minimum atomic E-state index is -0.695. The Kier molecular flexibility index (Phi) is 3.49. The van der Waals surface area contributed by atoms with Crippen LogP contribution in [-0.4, -0.2) is 24.5 Å². The first-order chi connectivity index (χ1) is 8.43. The first kappa shape index (κ1) is 13.2. The molecule has 2 heterocycles. The van der Waals surface area contributed by atoms with E-state index in [1.807, 2.05) is 13.1 Å². The molecule has 0 fully saturated rings. The summed E-state index contributed by atoms with van der Waals surface area (Å²) in [5.74, 6) is 0. The average molecular weight is 266 g/mol. The average Bonchev–Trinajstić information content (AvgIpc) is 2.96. The molecular weight excluding hydrogens is 248 g/mol. The van der Waals surface area contributed by atoms with Gasteiger partial charge in [0, 0.05) is 23.7 Å². The zero-order valence-corrected chi connectivity index (χ0v) is 11.9. The van der Waals surface area contributed by atoms with Crippen LogP contribution in [0.5, 0.6) is 0 Å². The lowest BCUT2D eigenvalue weighted by atomic mass is 9.90. The number of aromatic nitrogens is 4. The predicted molar refractivity (Wildman–Crippen MR) is 70.6 cm³/mol. The van der Waals surface area contributed by atoms with Crippen LogP contribution in [0.15, 0.2) is 12.4 Å². The van der Waals surface area contributed by atoms with Crippen LogP contribution in [0, 0.1) is 0 Å². The molecule has 0 saturated heterocycles. The summed E-state index contributed by atoms with van der Waals surface area (Å²) in [6.07, 6.45) is 2.86. The maximum absolute atomic E-state index is 10.4. The topological polar surface area (TPSA) is 63.8 Å². The standard InChI is InChI=1S/C12H18N4OS/c1-5-16-7-8(6-13-16)9(17)10-11(12(2,3)4)14-15-18-10/h6-7,9,17H,5H2,1-4H3. The van der Waals surface area contributed by atoms with Gasteiger partial charge in [-0.2, -0.15) is 5.10 Å². The molecule has 0 saturated carbocycles. The highest BCUT2D eigenvalue weighted by Gasteiger charge is 2.27. The Balaban J connectivity index is 2.34. The fraction of sp³-hybridized carbons (Fsp3) is 0.583. The lowest BCUT2D eigenvalue weighted by Gasteiger charge is -2.18. The predicted octanol–water partition coefficient (Wildman–Crippen LogP) is 2.13. The smallest absolute Gasteiger partial charge is 0.120 e. The molecule has 0 aliphatic rings. The first-order valence-electron chi connectivity index (χ1n) is 5.96. The van der Waals surface area contributed by atoms with E-state index in [1.54, 1.807) is 10.9 Å². The maximum Gasteiger partial charge on any atom is 0.120 e. The fourth-order valence-electron chi connectivity index (χ4n) is 1.74. The largest absolute Gasteiger partial charge is 0.383 e. The Hall–Kier alpha value is -1.27. The van der Waals surface area contributed by atoms with E-state index < -0.39 is 6.10 Å². The van der Waals surface area contributed by atoms with Gasteiger partial charge >= 0.3 is 0 Å². The Labute approximate surface area is 111 Å². The van der Waals surface area contributed by atoms with Crippen molar-refractivity contribution in [2.45, 2.75) is 45.8 Å². The second-order valence-corrected chi connectivity index (χ2v) is 6.05. The van der Waals surface area contributed by atoms with Crippen molar-refractivity contribution < 1.29 is 5.11 Å². The van der Waals surface area contributed by atoms with E-state index in [1.165, 1.54) is 11.5 Å². The molecule has 1 unspecified atom stereocenters. The lowest BCUT2D eigenvalue weighted by molar-refractivity contribution is 0.221. The summed E-state index contributed by atoms with van der Waals surface area (Å²) in [7, 11) is 0. The Morgan fingerprint density at radius 3 is 2.72 bits per heavy atom. The summed E-state index contributed by atoms with van der Waals surface area (Å²) in [6.45, 7) is 9.00. The number of hydrogen-bond donors (Lipinski definition) is 1. The van der Waals surface area contributed by atoms with Crippen molar-refractivity contribution in [1.29, 1.82) is 0 Å². The van der Waals surface area contributed by atoms with Crippen LogP contribution in [0.2, 0.25) is 0 Å². The molecule has 1 N–H and O–H groups in total. The number of nitrogens with zero attached hydrogens (tertiary/aromatic N) is 4.